The Hall–Kier alpha value is -3.26. The molecule has 10 N–H and O–H groups in total. The number of nitrogens with two attached hydrogens (primary N) is 3. The van der Waals surface area contributed by atoms with Crippen LogP contribution in [-0.4, -0.2) is 87.9 Å². The van der Waals surface area contributed by atoms with E-state index in [0.717, 1.165) is 0 Å². The first-order chi connectivity index (χ1) is 16.0. The highest BCUT2D eigenvalue weighted by atomic mass is 16.4. The Labute approximate surface area is 196 Å². The lowest BCUT2D eigenvalue weighted by atomic mass is 10.1. The number of nitrogens with zero attached hydrogens (tertiary/aromatic N) is 1. The summed E-state index contributed by atoms with van der Waals surface area (Å²) >= 11 is 0. The van der Waals surface area contributed by atoms with Crippen LogP contribution in [0.3, 0.4) is 0 Å². The van der Waals surface area contributed by atoms with Crippen molar-refractivity contribution in [3.8, 4) is 0 Å². The van der Waals surface area contributed by atoms with Gasteiger partial charge >= 0.3 is 11.9 Å². The van der Waals surface area contributed by atoms with Gasteiger partial charge in [0.15, 0.2) is 0 Å². The lowest BCUT2D eigenvalue weighted by Crippen LogP contribution is -2.57. The number of carboxylic acids is 2. The molecular weight excluding hydrogens is 452 g/mol. The molecule has 0 spiro atoms. The molecule has 1 fully saturated rings. The van der Waals surface area contributed by atoms with Crippen molar-refractivity contribution in [2.75, 3.05) is 13.1 Å². The van der Waals surface area contributed by atoms with Gasteiger partial charge in [-0.25, -0.2) is 4.79 Å². The predicted molar refractivity (Wildman–Crippen MR) is 118 cm³/mol. The third-order valence-electron chi connectivity index (χ3n) is 5.42. The molecule has 1 saturated heterocycles. The second kappa shape index (κ2) is 14.1. The average Bonchev–Trinajstić information content (AvgIpc) is 3.24. The lowest BCUT2D eigenvalue weighted by molar-refractivity contribution is -0.145. The molecule has 0 bridgehead atoms. The number of aliphatic carboxylic acids is 2. The van der Waals surface area contributed by atoms with Gasteiger partial charge in [-0.2, -0.15) is 0 Å². The molecule has 0 aromatic carbocycles. The fourth-order valence-electron chi connectivity index (χ4n) is 3.63. The Morgan fingerprint density at radius 3 is 2.24 bits per heavy atom. The molecule has 1 heterocycles. The largest absolute Gasteiger partial charge is 0.481 e. The van der Waals surface area contributed by atoms with Crippen molar-refractivity contribution in [3.05, 3.63) is 0 Å². The highest BCUT2D eigenvalue weighted by molar-refractivity contribution is 5.95. The molecule has 0 aromatic heterocycles. The Balaban J connectivity index is 2.94. The van der Waals surface area contributed by atoms with Gasteiger partial charge in [-0.05, 0) is 45.1 Å². The van der Waals surface area contributed by atoms with Crippen molar-refractivity contribution in [3.63, 3.8) is 0 Å². The minimum absolute atomic E-state index is 0.161. The minimum Gasteiger partial charge on any atom is -0.481 e. The maximum atomic E-state index is 13.2. The van der Waals surface area contributed by atoms with E-state index in [9.17, 15) is 33.9 Å². The Bertz CT molecular complexity index is 776. The lowest BCUT2D eigenvalue weighted by Gasteiger charge is -2.29. The fraction of sp³-hybridized carbons (Fsp3) is 0.700. The third-order valence-corrected chi connectivity index (χ3v) is 5.42. The van der Waals surface area contributed by atoms with Crippen LogP contribution in [-0.2, 0) is 28.8 Å². The standard InChI is InChI=1S/C20H34N6O8/c21-8-2-1-4-13(20(33)34)25-18(31)14-5-3-9-26(14)19(32)12(6-7-16(28)29)24-17(30)11(22)10-15(23)27/h11-14H,1-10,21-22H2,(H2,23,27)(H,24,30)(H,25,31)(H,28,29)(H,33,34). The number of hydrogen-bond donors (Lipinski definition) is 7. The first-order valence-electron chi connectivity index (χ1n) is 11.1. The predicted octanol–water partition coefficient (Wildman–Crippen LogP) is -2.77. The van der Waals surface area contributed by atoms with Crippen molar-refractivity contribution >= 4 is 35.6 Å². The zero-order valence-corrected chi connectivity index (χ0v) is 18.9. The maximum Gasteiger partial charge on any atom is 0.326 e. The Morgan fingerprint density at radius 1 is 1.00 bits per heavy atom. The van der Waals surface area contributed by atoms with Crippen LogP contribution < -0.4 is 27.8 Å². The Morgan fingerprint density at radius 2 is 1.68 bits per heavy atom. The van der Waals surface area contributed by atoms with Crippen LogP contribution in [0.4, 0.5) is 0 Å². The zero-order valence-electron chi connectivity index (χ0n) is 18.9. The van der Waals surface area contributed by atoms with E-state index in [0.29, 0.717) is 25.8 Å². The van der Waals surface area contributed by atoms with E-state index in [2.05, 4.69) is 10.6 Å². The first-order valence-corrected chi connectivity index (χ1v) is 11.1. The average molecular weight is 487 g/mol. The smallest absolute Gasteiger partial charge is 0.326 e. The van der Waals surface area contributed by atoms with Crippen molar-refractivity contribution in [1.29, 1.82) is 0 Å². The number of carbonyl (C=O) groups is 6. The van der Waals surface area contributed by atoms with Crippen molar-refractivity contribution in [2.45, 2.75) is 75.5 Å². The van der Waals surface area contributed by atoms with E-state index in [1.165, 1.54) is 4.90 Å². The van der Waals surface area contributed by atoms with Gasteiger partial charge in [0.05, 0.1) is 12.5 Å². The molecule has 0 aromatic rings. The summed E-state index contributed by atoms with van der Waals surface area (Å²) < 4.78 is 0. The quantitative estimate of drug-likeness (QED) is 0.117. The molecule has 34 heavy (non-hydrogen) atoms. The van der Waals surface area contributed by atoms with E-state index in [1.807, 2.05) is 0 Å². The molecular formula is C20H34N6O8. The summed E-state index contributed by atoms with van der Waals surface area (Å²) in [5, 5.41) is 23.2. The number of unbranched alkanes of at least 4 members (excludes halogenated alkanes) is 1. The molecule has 192 valence electrons. The maximum absolute atomic E-state index is 13.2. The van der Waals surface area contributed by atoms with Crippen LogP contribution in [0, 0.1) is 0 Å². The highest BCUT2D eigenvalue weighted by Gasteiger charge is 2.39. The van der Waals surface area contributed by atoms with E-state index in [4.69, 9.17) is 22.3 Å². The summed E-state index contributed by atoms with van der Waals surface area (Å²) in [4.78, 5) is 73.0. The van der Waals surface area contributed by atoms with Crippen LogP contribution in [0.1, 0.15) is 51.4 Å². The number of rotatable bonds is 15. The molecule has 4 unspecified atom stereocenters. The van der Waals surface area contributed by atoms with Crippen LogP contribution in [0.5, 0.6) is 0 Å². The number of hydrogen-bond acceptors (Lipinski definition) is 8. The molecule has 4 atom stereocenters. The topological polar surface area (TPSA) is 248 Å². The van der Waals surface area contributed by atoms with Gasteiger partial charge in [0.2, 0.25) is 23.6 Å². The summed E-state index contributed by atoms with van der Waals surface area (Å²) in [6.07, 6.45) is 0.796. The summed E-state index contributed by atoms with van der Waals surface area (Å²) in [6, 6.07) is -4.77. The fourth-order valence-corrected chi connectivity index (χ4v) is 3.63. The van der Waals surface area contributed by atoms with Crippen molar-refractivity contribution in [1.82, 2.24) is 15.5 Å². The van der Waals surface area contributed by atoms with E-state index in [-0.39, 0.29) is 25.8 Å². The minimum atomic E-state index is -1.33. The second-order valence-corrected chi connectivity index (χ2v) is 8.14. The van der Waals surface area contributed by atoms with Gasteiger partial charge in [0.1, 0.15) is 18.1 Å². The molecule has 0 saturated carbocycles. The van der Waals surface area contributed by atoms with Crippen LogP contribution in [0.15, 0.2) is 0 Å². The summed E-state index contributed by atoms with van der Waals surface area (Å²) in [5.41, 5.74) is 16.0. The van der Waals surface area contributed by atoms with Gasteiger partial charge in [0.25, 0.3) is 0 Å². The molecule has 1 aliphatic rings. The summed E-state index contributed by atoms with van der Waals surface area (Å²) in [6.45, 7) is 0.548. The monoisotopic (exact) mass is 486 g/mol. The SMILES string of the molecule is NCCCCC(NC(=O)C1CCCN1C(=O)C(CCC(=O)O)NC(=O)C(N)CC(N)=O)C(=O)O. The number of carbonyl (C=O) groups excluding carboxylic acids is 4. The number of likely N-dealkylation sites (tertiary alicyclic amines) is 1. The second-order valence-electron chi connectivity index (χ2n) is 8.14. The van der Waals surface area contributed by atoms with Gasteiger partial charge in [-0.3, -0.25) is 24.0 Å². The first kappa shape index (κ1) is 28.8. The molecule has 1 rings (SSSR count). The number of carboxylic acid groups (broad SMARTS) is 2. The molecule has 14 heteroatoms. The van der Waals surface area contributed by atoms with Crippen molar-refractivity contribution in [2.24, 2.45) is 17.2 Å². The van der Waals surface area contributed by atoms with Crippen LogP contribution in [0.25, 0.3) is 0 Å². The number of nitrogens with one attached hydrogen (secondary N) is 2. The van der Waals surface area contributed by atoms with Gasteiger partial charge in [-0.15, -0.1) is 0 Å². The normalized spacial score (nSPS) is 17.9. The van der Waals surface area contributed by atoms with Gasteiger partial charge in [0, 0.05) is 13.0 Å². The number of primary amides is 1. The number of amides is 4. The third kappa shape index (κ3) is 9.31. The van der Waals surface area contributed by atoms with Crippen LogP contribution in [0.2, 0.25) is 0 Å². The molecule has 0 aliphatic carbocycles. The van der Waals surface area contributed by atoms with E-state index >= 15 is 0 Å². The van der Waals surface area contributed by atoms with Gasteiger partial charge in [-0.1, -0.05) is 0 Å². The van der Waals surface area contributed by atoms with E-state index in [1.54, 1.807) is 0 Å². The summed E-state index contributed by atoms with van der Waals surface area (Å²) in [5.74, 6) is -5.46. The Kier molecular flexibility index (Phi) is 11.9. The zero-order chi connectivity index (χ0) is 25.8. The summed E-state index contributed by atoms with van der Waals surface area (Å²) in [7, 11) is 0. The van der Waals surface area contributed by atoms with Crippen LogP contribution >= 0.6 is 0 Å². The van der Waals surface area contributed by atoms with Gasteiger partial charge < -0.3 is 42.9 Å². The molecule has 4 amide bonds. The molecule has 1 aliphatic heterocycles. The molecule has 0 radical (unpaired) electrons. The van der Waals surface area contributed by atoms with E-state index < -0.39 is 72.6 Å². The molecule has 14 nitrogen and oxygen atoms in total. The highest BCUT2D eigenvalue weighted by Crippen LogP contribution is 2.20. The van der Waals surface area contributed by atoms with Crippen molar-refractivity contribution < 1.29 is 39.0 Å².